The van der Waals surface area contributed by atoms with E-state index in [1.165, 1.54) is 12.1 Å². The summed E-state index contributed by atoms with van der Waals surface area (Å²) < 4.78 is 51.8. The highest BCUT2D eigenvalue weighted by Crippen LogP contribution is 2.33. The van der Waals surface area contributed by atoms with Gasteiger partial charge in [0.1, 0.15) is 5.82 Å². The Morgan fingerprint density at radius 3 is 2.48 bits per heavy atom. The minimum atomic E-state index is -4.56. The van der Waals surface area contributed by atoms with Crippen LogP contribution in [0.15, 0.2) is 23.8 Å². The zero-order valence-electron chi connectivity index (χ0n) is 12.5. The fourth-order valence-electron chi connectivity index (χ4n) is 1.92. The summed E-state index contributed by atoms with van der Waals surface area (Å²) in [5, 5.41) is 3.20. The van der Waals surface area contributed by atoms with Crippen LogP contribution in [0.1, 0.15) is 38.3 Å². The maximum absolute atomic E-state index is 13.1. The van der Waals surface area contributed by atoms with Gasteiger partial charge >= 0.3 is 6.18 Å². The first-order valence-electron chi connectivity index (χ1n) is 7.01. The lowest BCUT2D eigenvalue weighted by atomic mass is 10.0. The smallest absolute Gasteiger partial charge is 0.313 e. The van der Waals surface area contributed by atoms with Gasteiger partial charge in [0.15, 0.2) is 0 Å². The zero-order chi connectivity index (χ0) is 16.0. The van der Waals surface area contributed by atoms with E-state index in [0.29, 0.717) is 24.9 Å². The van der Waals surface area contributed by atoms with Gasteiger partial charge in [-0.3, -0.25) is 0 Å². The summed E-state index contributed by atoms with van der Waals surface area (Å²) in [5.41, 5.74) is -0.0721. The fraction of sp³-hybridized carbons (Fsp3) is 0.500. The van der Waals surface area contributed by atoms with Crippen molar-refractivity contribution in [1.29, 1.82) is 0 Å². The number of benzene rings is 1. The van der Waals surface area contributed by atoms with Crippen molar-refractivity contribution in [1.82, 2.24) is 5.32 Å². The van der Waals surface area contributed by atoms with Crippen molar-refractivity contribution in [3.63, 3.8) is 0 Å². The fourth-order valence-corrected chi connectivity index (χ4v) is 1.92. The third-order valence-corrected chi connectivity index (χ3v) is 3.04. The van der Waals surface area contributed by atoms with Gasteiger partial charge in [-0.2, -0.15) is 13.2 Å². The van der Waals surface area contributed by atoms with E-state index in [2.05, 4.69) is 19.2 Å². The minimum absolute atomic E-state index is 0.00657. The molecule has 0 atom stereocenters. The lowest BCUT2D eigenvalue weighted by molar-refractivity contribution is -0.137. The van der Waals surface area contributed by atoms with Crippen LogP contribution in [0.2, 0.25) is 0 Å². The molecule has 21 heavy (non-hydrogen) atoms. The van der Waals surface area contributed by atoms with E-state index in [-0.39, 0.29) is 5.56 Å². The molecule has 1 aromatic rings. The first-order chi connectivity index (χ1) is 9.74. The van der Waals surface area contributed by atoms with Crippen LogP contribution in [0, 0.1) is 11.7 Å². The highest BCUT2D eigenvalue weighted by atomic mass is 19.4. The summed E-state index contributed by atoms with van der Waals surface area (Å²) in [6, 6.07) is 2.77. The lowest BCUT2D eigenvalue weighted by Crippen LogP contribution is -2.22. The topological polar surface area (TPSA) is 12.0 Å². The van der Waals surface area contributed by atoms with Gasteiger partial charge < -0.3 is 5.32 Å². The van der Waals surface area contributed by atoms with E-state index < -0.39 is 17.6 Å². The summed E-state index contributed by atoms with van der Waals surface area (Å²) in [6.45, 7) is 7.34. The van der Waals surface area contributed by atoms with E-state index in [0.717, 1.165) is 18.2 Å². The van der Waals surface area contributed by atoms with Crippen LogP contribution in [0.25, 0.3) is 6.08 Å². The maximum atomic E-state index is 13.1. The molecule has 0 radical (unpaired) electrons. The van der Waals surface area contributed by atoms with E-state index in [1.807, 2.05) is 6.92 Å². The molecule has 0 spiro atoms. The average Bonchev–Trinajstić information content (AvgIpc) is 2.37. The van der Waals surface area contributed by atoms with E-state index in [9.17, 15) is 17.6 Å². The van der Waals surface area contributed by atoms with Gasteiger partial charge in [-0.15, -0.1) is 0 Å². The molecule has 0 aliphatic heterocycles. The van der Waals surface area contributed by atoms with Crippen molar-refractivity contribution in [3.8, 4) is 0 Å². The summed E-state index contributed by atoms with van der Waals surface area (Å²) in [4.78, 5) is 0. The molecule has 0 saturated carbocycles. The number of halogens is 4. The molecule has 1 aromatic carbocycles. The maximum Gasteiger partial charge on any atom is 0.417 e. The molecule has 1 N–H and O–H groups in total. The van der Waals surface area contributed by atoms with Crippen LogP contribution < -0.4 is 5.32 Å². The summed E-state index contributed by atoms with van der Waals surface area (Å²) >= 11 is 0. The normalized spacial score (nSPS) is 13.0. The highest BCUT2D eigenvalue weighted by molar-refractivity contribution is 5.58. The van der Waals surface area contributed by atoms with Crippen molar-refractivity contribution in [3.05, 3.63) is 40.7 Å². The van der Waals surface area contributed by atoms with Crippen molar-refractivity contribution in [2.75, 3.05) is 13.1 Å². The van der Waals surface area contributed by atoms with Crippen LogP contribution in [-0.2, 0) is 6.18 Å². The van der Waals surface area contributed by atoms with Gasteiger partial charge in [0.2, 0.25) is 0 Å². The molecule has 1 rings (SSSR count). The molecule has 0 aliphatic carbocycles. The molecule has 0 aromatic heterocycles. The molecule has 5 heteroatoms. The van der Waals surface area contributed by atoms with Gasteiger partial charge in [0.25, 0.3) is 0 Å². The first kappa shape index (κ1) is 17.7. The molecule has 0 amide bonds. The zero-order valence-corrected chi connectivity index (χ0v) is 12.5. The Hall–Kier alpha value is -1.36. The van der Waals surface area contributed by atoms with Crippen LogP contribution >= 0.6 is 0 Å². The molecular formula is C16H21F4N. The number of hydrogen-bond donors (Lipinski definition) is 1. The van der Waals surface area contributed by atoms with E-state index in [4.69, 9.17) is 0 Å². The summed E-state index contributed by atoms with van der Waals surface area (Å²) in [6.07, 6.45) is -2.42. The quantitative estimate of drug-likeness (QED) is 0.738. The van der Waals surface area contributed by atoms with Crippen molar-refractivity contribution < 1.29 is 17.6 Å². The standard InChI is InChI=1S/C16H21F4N/c1-4-12(10-21-9-11(2)3)7-13-5-6-14(17)8-15(13)16(18,19)20/h5-8,11,21H,4,9-10H2,1-3H3/b12-7-. The molecule has 0 saturated heterocycles. The molecule has 118 valence electrons. The number of nitrogens with one attached hydrogen (secondary N) is 1. The van der Waals surface area contributed by atoms with Crippen LogP contribution in [0.5, 0.6) is 0 Å². The molecular weight excluding hydrogens is 282 g/mol. The van der Waals surface area contributed by atoms with E-state index in [1.54, 1.807) is 0 Å². The molecule has 0 heterocycles. The number of alkyl halides is 3. The van der Waals surface area contributed by atoms with Crippen molar-refractivity contribution in [2.45, 2.75) is 33.4 Å². The Kier molecular flexibility index (Phi) is 6.40. The Bertz CT molecular complexity index is 490. The van der Waals surface area contributed by atoms with Gasteiger partial charge in [-0.25, -0.2) is 4.39 Å². The minimum Gasteiger partial charge on any atom is -0.313 e. The number of hydrogen-bond acceptors (Lipinski definition) is 1. The van der Waals surface area contributed by atoms with E-state index >= 15 is 0 Å². The summed E-state index contributed by atoms with van der Waals surface area (Å²) in [7, 11) is 0. The van der Waals surface area contributed by atoms with Gasteiger partial charge in [-0.1, -0.05) is 38.5 Å². The molecule has 1 nitrogen and oxygen atoms in total. The highest BCUT2D eigenvalue weighted by Gasteiger charge is 2.33. The monoisotopic (exact) mass is 303 g/mol. The third-order valence-electron chi connectivity index (χ3n) is 3.04. The van der Waals surface area contributed by atoms with Crippen LogP contribution in [0.3, 0.4) is 0 Å². The predicted molar refractivity (Wildman–Crippen MR) is 77.4 cm³/mol. The number of rotatable bonds is 6. The summed E-state index contributed by atoms with van der Waals surface area (Å²) in [5.74, 6) is -0.407. The Labute approximate surface area is 123 Å². The second-order valence-electron chi connectivity index (χ2n) is 5.41. The van der Waals surface area contributed by atoms with Gasteiger partial charge in [0, 0.05) is 6.54 Å². The molecule has 0 unspecified atom stereocenters. The third kappa shape index (κ3) is 5.87. The van der Waals surface area contributed by atoms with Crippen molar-refractivity contribution in [2.24, 2.45) is 5.92 Å². The second kappa shape index (κ2) is 7.59. The Morgan fingerprint density at radius 2 is 1.95 bits per heavy atom. The SMILES string of the molecule is CC/C(=C/c1ccc(F)cc1C(F)(F)F)CNCC(C)C. The molecule has 0 aliphatic rings. The first-order valence-corrected chi connectivity index (χ1v) is 7.01. The molecule has 0 fully saturated rings. The second-order valence-corrected chi connectivity index (χ2v) is 5.41. The Balaban J connectivity index is 3.00. The van der Waals surface area contributed by atoms with Gasteiger partial charge in [0.05, 0.1) is 5.56 Å². The van der Waals surface area contributed by atoms with Crippen molar-refractivity contribution >= 4 is 6.08 Å². The van der Waals surface area contributed by atoms with Crippen LogP contribution in [-0.4, -0.2) is 13.1 Å². The van der Waals surface area contributed by atoms with Crippen LogP contribution in [0.4, 0.5) is 17.6 Å². The molecule has 0 bridgehead atoms. The average molecular weight is 303 g/mol. The largest absolute Gasteiger partial charge is 0.417 e. The van der Waals surface area contributed by atoms with Gasteiger partial charge in [-0.05, 0) is 36.6 Å². The predicted octanol–water partition coefficient (Wildman–Crippen LogP) is 4.88. The lowest BCUT2D eigenvalue weighted by Gasteiger charge is -2.13. The Morgan fingerprint density at radius 1 is 1.29 bits per heavy atom.